The second-order valence-electron chi connectivity index (χ2n) is 4.02. The third-order valence-electron chi connectivity index (χ3n) is 2.65. The Hall–Kier alpha value is -2.02. The lowest BCUT2D eigenvalue weighted by molar-refractivity contribution is 0.475. The molecule has 0 saturated heterocycles. The maximum atomic E-state index is 9.16. The highest BCUT2D eigenvalue weighted by Crippen LogP contribution is 2.11. The summed E-state index contributed by atoms with van der Waals surface area (Å²) in [6.45, 7) is 0. The molecule has 0 heterocycles. The minimum atomic E-state index is 0.327. The Morgan fingerprint density at radius 2 is 1.59 bits per heavy atom. The lowest BCUT2D eigenvalue weighted by atomic mass is 10.1. The third kappa shape index (κ3) is 3.80. The van der Waals surface area contributed by atoms with Crippen LogP contribution < -0.4 is 0 Å². The molecule has 1 N–H and O–H groups in total. The van der Waals surface area contributed by atoms with Crippen LogP contribution in [0.25, 0.3) is 6.08 Å². The number of aromatic hydroxyl groups is 1. The van der Waals surface area contributed by atoms with Crippen LogP contribution in [0.4, 0.5) is 0 Å². The zero-order valence-corrected chi connectivity index (χ0v) is 9.71. The smallest absolute Gasteiger partial charge is 0.115 e. The maximum absolute atomic E-state index is 9.16. The Morgan fingerprint density at radius 1 is 0.882 bits per heavy atom. The van der Waals surface area contributed by atoms with Crippen molar-refractivity contribution in [1.82, 2.24) is 0 Å². The largest absolute Gasteiger partial charge is 0.508 e. The van der Waals surface area contributed by atoms with E-state index in [1.165, 1.54) is 11.1 Å². The second kappa shape index (κ2) is 5.90. The van der Waals surface area contributed by atoms with E-state index in [1.807, 2.05) is 30.3 Å². The van der Waals surface area contributed by atoms with Crippen LogP contribution in [0.5, 0.6) is 5.75 Å². The molecule has 0 amide bonds. The molecule has 2 rings (SSSR count). The van der Waals surface area contributed by atoms with Gasteiger partial charge in [-0.05, 0) is 36.1 Å². The lowest BCUT2D eigenvalue weighted by Crippen LogP contribution is -1.81. The molecule has 0 spiro atoms. The highest BCUT2D eigenvalue weighted by atomic mass is 16.3. The van der Waals surface area contributed by atoms with Gasteiger partial charge < -0.3 is 5.11 Å². The van der Waals surface area contributed by atoms with Crippen molar-refractivity contribution in [2.75, 3.05) is 0 Å². The van der Waals surface area contributed by atoms with Crippen molar-refractivity contribution in [2.45, 2.75) is 12.8 Å². The first-order valence-corrected chi connectivity index (χ1v) is 5.84. The lowest BCUT2D eigenvalue weighted by Gasteiger charge is -1.98. The fourth-order valence-electron chi connectivity index (χ4n) is 1.70. The standard InChI is InChI=1S/C16H16O/c17-16-12-10-15(11-13-16)9-5-4-8-14-6-2-1-3-7-14/h1-4,6-8,10-13,17H,5,9H2. The van der Waals surface area contributed by atoms with E-state index in [9.17, 15) is 0 Å². The van der Waals surface area contributed by atoms with Gasteiger partial charge in [0.25, 0.3) is 0 Å². The molecule has 17 heavy (non-hydrogen) atoms. The third-order valence-corrected chi connectivity index (χ3v) is 2.65. The van der Waals surface area contributed by atoms with E-state index >= 15 is 0 Å². The van der Waals surface area contributed by atoms with Gasteiger partial charge in [0.1, 0.15) is 5.75 Å². The molecule has 0 aromatic heterocycles. The van der Waals surface area contributed by atoms with E-state index in [1.54, 1.807) is 12.1 Å². The molecule has 0 aliphatic heterocycles. The summed E-state index contributed by atoms with van der Waals surface area (Å²) in [5.74, 6) is 0.327. The van der Waals surface area contributed by atoms with Crippen LogP contribution in [-0.2, 0) is 6.42 Å². The van der Waals surface area contributed by atoms with Gasteiger partial charge >= 0.3 is 0 Å². The number of phenols is 1. The molecule has 86 valence electrons. The molecule has 1 heteroatoms. The van der Waals surface area contributed by atoms with Crippen molar-refractivity contribution < 1.29 is 5.11 Å². The van der Waals surface area contributed by atoms with Crippen molar-refractivity contribution in [1.29, 1.82) is 0 Å². The van der Waals surface area contributed by atoms with Gasteiger partial charge in [0.15, 0.2) is 0 Å². The first-order chi connectivity index (χ1) is 8.34. The fourth-order valence-corrected chi connectivity index (χ4v) is 1.70. The summed E-state index contributed by atoms with van der Waals surface area (Å²) < 4.78 is 0. The molecular formula is C16H16O. The Morgan fingerprint density at radius 3 is 2.29 bits per heavy atom. The number of hydrogen-bond acceptors (Lipinski definition) is 1. The first-order valence-electron chi connectivity index (χ1n) is 5.84. The van der Waals surface area contributed by atoms with Crippen LogP contribution >= 0.6 is 0 Å². The second-order valence-corrected chi connectivity index (χ2v) is 4.02. The van der Waals surface area contributed by atoms with Crippen LogP contribution in [0.1, 0.15) is 17.5 Å². The summed E-state index contributed by atoms with van der Waals surface area (Å²) >= 11 is 0. The van der Waals surface area contributed by atoms with Gasteiger partial charge in [-0.15, -0.1) is 0 Å². The summed E-state index contributed by atoms with van der Waals surface area (Å²) in [6, 6.07) is 17.7. The predicted octanol–water partition coefficient (Wildman–Crippen LogP) is 4.04. The topological polar surface area (TPSA) is 20.2 Å². The molecule has 0 aliphatic rings. The van der Waals surface area contributed by atoms with E-state index < -0.39 is 0 Å². The van der Waals surface area contributed by atoms with Gasteiger partial charge in [-0.3, -0.25) is 0 Å². The van der Waals surface area contributed by atoms with Gasteiger partial charge in [-0.25, -0.2) is 0 Å². The van der Waals surface area contributed by atoms with E-state index in [-0.39, 0.29) is 0 Å². The molecule has 0 atom stereocenters. The summed E-state index contributed by atoms with van der Waals surface area (Å²) in [4.78, 5) is 0. The predicted molar refractivity (Wildman–Crippen MR) is 71.9 cm³/mol. The minimum absolute atomic E-state index is 0.327. The van der Waals surface area contributed by atoms with E-state index in [4.69, 9.17) is 5.11 Å². The zero-order chi connectivity index (χ0) is 11.9. The number of allylic oxidation sites excluding steroid dienone is 1. The van der Waals surface area contributed by atoms with E-state index in [0.717, 1.165) is 12.8 Å². The summed E-state index contributed by atoms with van der Waals surface area (Å²) in [5, 5.41) is 9.16. The van der Waals surface area contributed by atoms with Crippen molar-refractivity contribution in [2.24, 2.45) is 0 Å². The minimum Gasteiger partial charge on any atom is -0.508 e. The Balaban J connectivity index is 1.84. The van der Waals surface area contributed by atoms with Crippen LogP contribution in [0.15, 0.2) is 60.7 Å². The van der Waals surface area contributed by atoms with Crippen LogP contribution in [0.3, 0.4) is 0 Å². The van der Waals surface area contributed by atoms with E-state index in [2.05, 4.69) is 24.3 Å². The van der Waals surface area contributed by atoms with Crippen molar-refractivity contribution in [3.8, 4) is 5.75 Å². The molecule has 0 fully saturated rings. The average molecular weight is 224 g/mol. The number of rotatable bonds is 4. The van der Waals surface area contributed by atoms with Gasteiger partial charge in [0.05, 0.1) is 0 Å². The SMILES string of the molecule is Oc1ccc(CCC=Cc2ccccc2)cc1. The van der Waals surface area contributed by atoms with E-state index in [0.29, 0.717) is 5.75 Å². The molecule has 0 bridgehead atoms. The molecule has 2 aromatic carbocycles. The van der Waals surface area contributed by atoms with Crippen LogP contribution in [0, 0.1) is 0 Å². The average Bonchev–Trinajstić information content (AvgIpc) is 2.38. The first kappa shape index (κ1) is 11.5. The van der Waals surface area contributed by atoms with Gasteiger partial charge in [0.2, 0.25) is 0 Å². The van der Waals surface area contributed by atoms with Crippen molar-refractivity contribution in [3.63, 3.8) is 0 Å². The molecule has 1 nitrogen and oxygen atoms in total. The van der Waals surface area contributed by atoms with Gasteiger partial charge in [-0.2, -0.15) is 0 Å². The number of hydrogen-bond donors (Lipinski definition) is 1. The summed E-state index contributed by atoms with van der Waals surface area (Å²) in [7, 11) is 0. The van der Waals surface area contributed by atoms with Crippen LogP contribution in [-0.4, -0.2) is 5.11 Å². The summed E-state index contributed by atoms with van der Waals surface area (Å²) in [5.41, 5.74) is 2.48. The van der Waals surface area contributed by atoms with Crippen LogP contribution in [0.2, 0.25) is 0 Å². The normalized spacial score (nSPS) is 10.8. The molecule has 0 aliphatic carbocycles. The highest BCUT2D eigenvalue weighted by Gasteiger charge is 1.91. The maximum Gasteiger partial charge on any atom is 0.115 e. The van der Waals surface area contributed by atoms with Gasteiger partial charge in [0, 0.05) is 0 Å². The highest BCUT2D eigenvalue weighted by molar-refractivity contribution is 5.48. The quantitative estimate of drug-likeness (QED) is 0.831. The van der Waals surface area contributed by atoms with Crippen molar-refractivity contribution >= 4 is 6.08 Å². The van der Waals surface area contributed by atoms with Crippen molar-refractivity contribution in [3.05, 3.63) is 71.8 Å². The Labute approximate surface area is 102 Å². The Kier molecular flexibility index (Phi) is 3.98. The molecule has 0 saturated carbocycles. The number of benzene rings is 2. The molecule has 0 radical (unpaired) electrons. The van der Waals surface area contributed by atoms with Gasteiger partial charge in [-0.1, -0.05) is 54.6 Å². The zero-order valence-electron chi connectivity index (χ0n) is 9.71. The molecule has 0 unspecified atom stereocenters. The Bertz CT molecular complexity index is 469. The fraction of sp³-hybridized carbons (Fsp3) is 0.125. The number of aryl methyl sites for hydroxylation is 1. The summed E-state index contributed by atoms with van der Waals surface area (Å²) in [6.07, 6.45) is 6.34. The molecule has 2 aromatic rings. The monoisotopic (exact) mass is 224 g/mol. The number of phenolic OH excluding ortho intramolecular Hbond substituents is 1. The molecular weight excluding hydrogens is 208 g/mol.